The highest BCUT2D eigenvalue weighted by molar-refractivity contribution is 7.88. The Bertz CT molecular complexity index is 462. The second-order valence-corrected chi connectivity index (χ2v) is 8.67. The van der Waals surface area contributed by atoms with Crippen molar-refractivity contribution in [1.29, 1.82) is 0 Å². The van der Waals surface area contributed by atoms with Crippen LogP contribution >= 0.6 is 0 Å². The van der Waals surface area contributed by atoms with E-state index in [-0.39, 0.29) is 5.91 Å². The van der Waals surface area contributed by atoms with Crippen LogP contribution in [-0.4, -0.2) is 80.5 Å². The first-order valence-electron chi connectivity index (χ1n) is 7.71. The Morgan fingerprint density at radius 2 is 1.57 bits per heavy atom. The van der Waals surface area contributed by atoms with E-state index in [2.05, 4.69) is 18.7 Å². The van der Waals surface area contributed by atoms with Crippen LogP contribution in [0.1, 0.15) is 20.3 Å². The van der Waals surface area contributed by atoms with Gasteiger partial charge in [0, 0.05) is 39.3 Å². The van der Waals surface area contributed by atoms with Crippen LogP contribution in [0, 0.1) is 11.8 Å². The predicted molar refractivity (Wildman–Crippen MR) is 82.4 cm³/mol. The SMILES string of the molecule is CC1CC(C)CN(C(=O)CN2CCN(S(C)(=O)=O)CC2)C1. The third-order valence-corrected chi connectivity index (χ3v) is 5.68. The molecule has 1 amide bonds. The van der Waals surface area contributed by atoms with Gasteiger partial charge in [-0.05, 0) is 18.3 Å². The Morgan fingerprint density at radius 1 is 1.05 bits per heavy atom. The smallest absolute Gasteiger partial charge is 0.236 e. The van der Waals surface area contributed by atoms with E-state index in [9.17, 15) is 13.2 Å². The van der Waals surface area contributed by atoms with Crippen molar-refractivity contribution in [2.75, 3.05) is 52.1 Å². The van der Waals surface area contributed by atoms with E-state index in [4.69, 9.17) is 0 Å². The number of piperidine rings is 1. The lowest BCUT2D eigenvalue weighted by Crippen LogP contribution is -2.52. The number of rotatable bonds is 3. The minimum atomic E-state index is -3.10. The van der Waals surface area contributed by atoms with E-state index in [1.807, 2.05) is 4.90 Å². The third kappa shape index (κ3) is 4.66. The Labute approximate surface area is 128 Å². The highest BCUT2D eigenvalue weighted by Crippen LogP contribution is 2.21. The molecule has 0 aromatic carbocycles. The molecule has 21 heavy (non-hydrogen) atoms. The molecule has 0 saturated carbocycles. The Balaban J connectivity index is 1.82. The van der Waals surface area contributed by atoms with Crippen molar-refractivity contribution in [2.45, 2.75) is 20.3 Å². The average molecular weight is 317 g/mol. The molecule has 2 rings (SSSR count). The molecule has 0 bridgehead atoms. The number of piperazine rings is 1. The fourth-order valence-electron chi connectivity index (χ4n) is 3.38. The first-order valence-corrected chi connectivity index (χ1v) is 9.56. The van der Waals surface area contributed by atoms with E-state index in [0.717, 1.165) is 13.1 Å². The van der Waals surface area contributed by atoms with Crippen molar-refractivity contribution < 1.29 is 13.2 Å². The summed E-state index contributed by atoms with van der Waals surface area (Å²) in [6.45, 7) is 8.75. The number of carbonyl (C=O) groups is 1. The van der Waals surface area contributed by atoms with Crippen molar-refractivity contribution in [3.05, 3.63) is 0 Å². The number of sulfonamides is 1. The molecule has 2 aliphatic heterocycles. The number of amides is 1. The molecule has 0 spiro atoms. The summed E-state index contributed by atoms with van der Waals surface area (Å²) < 4.78 is 24.4. The van der Waals surface area contributed by atoms with Gasteiger partial charge in [0.1, 0.15) is 0 Å². The monoisotopic (exact) mass is 317 g/mol. The van der Waals surface area contributed by atoms with Crippen molar-refractivity contribution in [3.63, 3.8) is 0 Å². The molecule has 2 fully saturated rings. The minimum Gasteiger partial charge on any atom is -0.341 e. The molecule has 0 N–H and O–H groups in total. The van der Waals surface area contributed by atoms with Crippen LogP contribution in [0.25, 0.3) is 0 Å². The zero-order chi connectivity index (χ0) is 15.6. The zero-order valence-corrected chi connectivity index (χ0v) is 14.1. The molecular weight excluding hydrogens is 290 g/mol. The average Bonchev–Trinajstić information content (AvgIpc) is 2.37. The summed E-state index contributed by atoms with van der Waals surface area (Å²) in [7, 11) is -3.10. The Morgan fingerprint density at radius 3 is 2.05 bits per heavy atom. The molecule has 2 heterocycles. The molecule has 7 heteroatoms. The Kier molecular flexibility index (Phi) is 5.27. The van der Waals surface area contributed by atoms with E-state index in [0.29, 0.717) is 44.6 Å². The summed E-state index contributed by atoms with van der Waals surface area (Å²) >= 11 is 0. The lowest BCUT2D eigenvalue weighted by atomic mass is 9.92. The number of hydrogen-bond donors (Lipinski definition) is 0. The molecule has 0 radical (unpaired) electrons. The molecule has 0 aromatic rings. The number of hydrogen-bond acceptors (Lipinski definition) is 4. The van der Waals surface area contributed by atoms with E-state index >= 15 is 0 Å². The first-order chi connectivity index (χ1) is 9.75. The van der Waals surface area contributed by atoms with Gasteiger partial charge in [0.15, 0.2) is 0 Å². The summed E-state index contributed by atoms with van der Waals surface area (Å²) in [5, 5.41) is 0. The van der Waals surface area contributed by atoms with E-state index in [1.165, 1.54) is 17.0 Å². The molecule has 2 saturated heterocycles. The fourth-order valence-corrected chi connectivity index (χ4v) is 4.20. The number of nitrogens with zero attached hydrogens (tertiary/aromatic N) is 3. The highest BCUT2D eigenvalue weighted by atomic mass is 32.2. The lowest BCUT2D eigenvalue weighted by molar-refractivity contribution is -0.135. The maximum atomic E-state index is 12.4. The topological polar surface area (TPSA) is 60.9 Å². The van der Waals surface area contributed by atoms with Gasteiger partial charge in [-0.3, -0.25) is 9.69 Å². The molecule has 0 aromatic heterocycles. The molecule has 2 atom stereocenters. The summed E-state index contributed by atoms with van der Waals surface area (Å²) in [6, 6.07) is 0. The first kappa shape index (κ1) is 16.7. The Hall–Kier alpha value is -0.660. The molecule has 6 nitrogen and oxygen atoms in total. The van der Waals surface area contributed by atoms with Crippen LogP contribution in [0.2, 0.25) is 0 Å². The van der Waals surface area contributed by atoms with E-state index < -0.39 is 10.0 Å². The lowest BCUT2D eigenvalue weighted by Gasteiger charge is -2.38. The van der Waals surface area contributed by atoms with Crippen LogP contribution in [0.4, 0.5) is 0 Å². The van der Waals surface area contributed by atoms with Gasteiger partial charge in [0.05, 0.1) is 12.8 Å². The van der Waals surface area contributed by atoms with Crippen LogP contribution in [0.5, 0.6) is 0 Å². The van der Waals surface area contributed by atoms with Gasteiger partial charge in [-0.1, -0.05) is 13.8 Å². The number of likely N-dealkylation sites (tertiary alicyclic amines) is 1. The quantitative estimate of drug-likeness (QED) is 0.739. The summed E-state index contributed by atoms with van der Waals surface area (Å²) in [6.07, 6.45) is 2.43. The summed E-state index contributed by atoms with van der Waals surface area (Å²) in [5.41, 5.74) is 0. The molecule has 2 aliphatic rings. The van der Waals surface area contributed by atoms with Crippen LogP contribution in [-0.2, 0) is 14.8 Å². The molecule has 2 unspecified atom stereocenters. The minimum absolute atomic E-state index is 0.182. The third-order valence-electron chi connectivity index (χ3n) is 4.38. The fraction of sp³-hybridized carbons (Fsp3) is 0.929. The second kappa shape index (κ2) is 6.62. The van der Waals surface area contributed by atoms with Gasteiger partial charge in [0.2, 0.25) is 15.9 Å². The predicted octanol–water partition coefficient (Wildman–Crippen LogP) is 0.0681. The van der Waals surface area contributed by atoms with Crippen LogP contribution in [0.15, 0.2) is 0 Å². The molecule has 0 aliphatic carbocycles. The summed E-state index contributed by atoms with van der Waals surface area (Å²) in [4.78, 5) is 16.4. The standard InChI is InChI=1S/C14H27N3O3S/c1-12-8-13(2)10-16(9-12)14(18)11-15-4-6-17(7-5-15)21(3,19)20/h12-13H,4-11H2,1-3H3. The summed E-state index contributed by atoms with van der Waals surface area (Å²) in [5.74, 6) is 1.32. The van der Waals surface area contributed by atoms with E-state index in [1.54, 1.807) is 0 Å². The van der Waals surface area contributed by atoms with Crippen molar-refractivity contribution in [3.8, 4) is 0 Å². The molecule has 122 valence electrons. The second-order valence-electron chi connectivity index (χ2n) is 6.68. The van der Waals surface area contributed by atoms with Crippen molar-refractivity contribution in [1.82, 2.24) is 14.1 Å². The van der Waals surface area contributed by atoms with Gasteiger partial charge in [0.25, 0.3) is 0 Å². The van der Waals surface area contributed by atoms with Crippen LogP contribution < -0.4 is 0 Å². The maximum absolute atomic E-state index is 12.4. The normalized spacial score (nSPS) is 29.6. The van der Waals surface area contributed by atoms with Crippen LogP contribution in [0.3, 0.4) is 0 Å². The van der Waals surface area contributed by atoms with Gasteiger partial charge in [-0.25, -0.2) is 8.42 Å². The van der Waals surface area contributed by atoms with Gasteiger partial charge in [-0.15, -0.1) is 0 Å². The number of carbonyl (C=O) groups excluding carboxylic acids is 1. The largest absolute Gasteiger partial charge is 0.341 e. The van der Waals surface area contributed by atoms with Crippen molar-refractivity contribution in [2.24, 2.45) is 11.8 Å². The van der Waals surface area contributed by atoms with Gasteiger partial charge >= 0.3 is 0 Å². The maximum Gasteiger partial charge on any atom is 0.236 e. The highest BCUT2D eigenvalue weighted by Gasteiger charge is 2.28. The van der Waals surface area contributed by atoms with Crippen molar-refractivity contribution >= 4 is 15.9 Å². The molecular formula is C14H27N3O3S. The zero-order valence-electron chi connectivity index (χ0n) is 13.3. The van der Waals surface area contributed by atoms with Gasteiger partial charge < -0.3 is 4.90 Å². The van der Waals surface area contributed by atoms with Gasteiger partial charge in [-0.2, -0.15) is 4.31 Å².